The maximum Gasteiger partial charge on any atom is 0.185 e. The first kappa shape index (κ1) is 19.8. The number of benzene rings is 2. The summed E-state index contributed by atoms with van der Waals surface area (Å²) in [6, 6.07) is 8.68. The Balaban J connectivity index is 2.27. The number of methoxy groups -OCH3 is 4. The van der Waals surface area contributed by atoms with Gasteiger partial charge in [-0.3, -0.25) is 4.79 Å². The van der Waals surface area contributed by atoms with Gasteiger partial charge in [0.2, 0.25) is 0 Å². The summed E-state index contributed by atoms with van der Waals surface area (Å²) in [4.78, 5) is 12.5. The van der Waals surface area contributed by atoms with Crippen LogP contribution in [-0.2, 0) is 11.3 Å². The summed E-state index contributed by atoms with van der Waals surface area (Å²) in [5.41, 5.74) is 2.08. The number of hydrogen-bond donors (Lipinski definition) is 0. The molecule has 0 aliphatic heterocycles. The average molecular weight is 377 g/mol. The van der Waals surface area contributed by atoms with E-state index in [1.54, 1.807) is 50.6 Å². The van der Waals surface area contributed by atoms with E-state index in [1.807, 2.05) is 0 Å². The van der Waals surface area contributed by atoms with Crippen LogP contribution in [0.2, 0.25) is 5.02 Å². The molecule has 0 aromatic heterocycles. The van der Waals surface area contributed by atoms with Crippen molar-refractivity contribution in [1.82, 2.24) is 0 Å². The fourth-order valence-electron chi connectivity index (χ4n) is 2.50. The highest BCUT2D eigenvalue weighted by molar-refractivity contribution is 6.32. The van der Waals surface area contributed by atoms with E-state index in [9.17, 15) is 4.79 Å². The molecule has 0 aliphatic rings. The largest absolute Gasteiger partial charge is 0.496 e. The molecule has 0 bridgehead atoms. The standard InChI is InChI=1S/C20H21ClO5/c1-23-12-15-11-14(6-8-18(15)24-2)17(22)7-5-13-9-16(21)20(26-4)19(10-13)25-3/h5-11H,12H2,1-4H3/b7-5+. The van der Waals surface area contributed by atoms with E-state index in [1.165, 1.54) is 20.3 Å². The van der Waals surface area contributed by atoms with E-state index >= 15 is 0 Å². The zero-order valence-electron chi connectivity index (χ0n) is 15.2. The van der Waals surface area contributed by atoms with E-state index in [2.05, 4.69) is 0 Å². The molecule has 6 heteroatoms. The maximum atomic E-state index is 12.5. The minimum atomic E-state index is -0.143. The van der Waals surface area contributed by atoms with Crippen LogP contribution in [0.25, 0.3) is 6.08 Å². The Bertz CT molecular complexity index is 814. The lowest BCUT2D eigenvalue weighted by Gasteiger charge is -2.10. The van der Waals surface area contributed by atoms with Crippen molar-refractivity contribution in [2.75, 3.05) is 28.4 Å². The van der Waals surface area contributed by atoms with Gasteiger partial charge in [-0.1, -0.05) is 17.7 Å². The van der Waals surface area contributed by atoms with Crippen LogP contribution in [0.5, 0.6) is 17.2 Å². The Kier molecular flexibility index (Phi) is 7.06. The van der Waals surface area contributed by atoms with Gasteiger partial charge >= 0.3 is 0 Å². The number of rotatable bonds is 8. The lowest BCUT2D eigenvalue weighted by molar-refractivity contribution is 0.104. The minimum absolute atomic E-state index is 0.143. The van der Waals surface area contributed by atoms with Gasteiger partial charge in [0.25, 0.3) is 0 Å². The van der Waals surface area contributed by atoms with Crippen LogP contribution >= 0.6 is 11.6 Å². The van der Waals surface area contributed by atoms with Crippen LogP contribution in [0.4, 0.5) is 0 Å². The van der Waals surface area contributed by atoms with Gasteiger partial charge in [0, 0.05) is 18.2 Å². The van der Waals surface area contributed by atoms with Crippen LogP contribution in [0.3, 0.4) is 0 Å². The highest BCUT2D eigenvalue weighted by Gasteiger charge is 2.11. The molecule has 0 fully saturated rings. The number of ether oxygens (including phenoxy) is 4. The molecule has 0 spiro atoms. The Morgan fingerprint density at radius 1 is 1.00 bits per heavy atom. The fraction of sp³-hybridized carbons (Fsp3) is 0.250. The SMILES string of the molecule is COCc1cc(C(=O)/C=C/c2cc(Cl)c(OC)c(OC)c2)ccc1OC. The number of carbonyl (C=O) groups excluding carboxylic acids is 1. The van der Waals surface area contributed by atoms with Crippen molar-refractivity contribution >= 4 is 23.5 Å². The van der Waals surface area contributed by atoms with E-state index in [0.717, 1.165) is 11.1 Å². The second-order valence-electron chi connectivity index (χ2n) is 5.40. The maximum absolute atomic E-state index is 12.5. The van der Waals surface area contributed by atoms with E-state index in [4.69, 9.17) is 30.5 Å². The highest BCUT2D eigenvalue weighted by atomic mass is 35.5. The van der Waals surface area contributed by atoms with Crippen molar-refractivity contribution in [3.05, 3.63) is 58.1 Å². The molecule has 0 heterocycles. The smallest absolute Gasteiger partial charge is 0.185 e. The summed E-state index contributed by atoms with van der Waals surface area (Å²) in [6.07, 6.45) is 3.16. The molecule has 2 rings (SSSR count). The molecule has 5 nitrogen and oxygen atoms in total. The topological polar surface area (TPSA) is 54.0 Å². The highest BCUT2D eigenvalue weighted by Crippen LogP contribution is 2.36. The molecule has 0 aliphatic carbocycles. The van der Waals surface area contributed by atoms with Gasteiger partial charge in [-0.15, -0.1) is 0 Å². The molecule has 0 saturated carbocycles. The molecule has 2 aromatic carbocycles. The molecule has 0 unspecified atom stereocenters. The van der Waals surface area contributed by atoms with Gasteiger partial charge in [0.15, 0.2) is 17.3 Å². The molecule has 0 atom stereocenters. The number of carbonyl (C=O) groups is 1. The summed E-state index contributed by atoms with van der Waals surface area (Å²) in [5.74, 6) is 1.49. The number of ketones is 1. The monoisotopic (exact) mass is 376 g/mol. The van der Waals surface area contributed by atoms with Crippen molar-refractivity contribution in [2.45, 2.75) is 6.61 Å². The van der Waals surface area contributed by atoms with Crippen LogP contribution in [0.15, 0.2) is 36.4 Å². The van der Waals surface area contributed by atoms with E-state index in [-0.39, 0.29) is 5.78 Å². The number of allylic oxidation sites excluding steroid dienone is 1. The van der Waals surface area contributed by atoms with Crippen molar-refractivity contribution in [3.63, 3.8) is 0 Å². The zero-order valence-corrected chi connectivity index (χ0v) is 15.9. The first-order valence-corrected chi connectivity index (χ1v) is 8.21. The van der Waals surface area contributed by atoms with Crippen molar-refractivity contribution in [1.29, 1.82) is 0 Å². The molecule has 138 valence electrons. The van der Waals surface area contributed by atoms with Gasteiger partial charge in [-0.05, 0) is 42.0 Å². The number of halogens is 1. The molecule has 0 radical (unpaired) electrons. The van der Waals surface area contributed by atoms with Crippen molar-refractivity contribution in [3.8, 4) is 17.2 Å². The first-order chi connectivity index (χ1) is 12.5. The van der Waals surface area contributed by atoms with Gasteiger partial charge in [0.1, 0.15) is 5.75 Å². The van der Waals surface area contributed by atoms with Crippen molar-refractivity contribution < 1.29 is 23.7 Å². The second kappa shape index (κ2) is 9.27. The number of hydrogen-bond acceptors (Lipinski definition) is 5. The van der Waals surface area contributed by atoms with Crippen LogP contribution < -0.4 is 14.2 Å². The predicted molar refractivity (Wildman–Crippen MR) is 102 cm³/mol. The molecule has 26 heavy (non-hydrogen) atoms. The minimum Gasteiger partial charge on any atom is -0.496 e. The third kappa shape index (κ3) is 4.56. The quantitative estimate of drug-likeness (QED) is 0.504. The van der Waals surface area contributed by atoms with Gasteiger partial charge in [-0.2, -0.15) is 0 Å². The average Bonchev–Trinajstić information content (AvgIpc) is 2.65. The Morgan fingerprint density at radius 2 is 1.73 bits per heavy atom. The Morgan fingerprint density at radius 3 is 2.35 bits per heavy atom. The van der Waals surface area contributed by atoms with Crippen molar-refractivity contribution in [2.24, 2.45) is 0 Å². The summed E-state index contributed by atoms with van der Waals surface area (Å²) in [5, 5.41) is 0.408. The van der Waals surface area contributed by atoms with E-state index in [0.29, 0.717) is 34.4 Å². The Labute approximate surface area is 158 Å². The lowest BCUT2D eigenvalue weighted by Crippen LogP contribution is -2.00. The normalized spacial score (nSPS) is 10.8. The molecule has 0 N–H and O–H groups in total. The van der Waals surface area contributed by atoms with Gasteiger partial charge in [-0.25, -0.2) is 0 Å². The molecule has 0 saturated heterocycles. The Hall–Kier alpha value is -2.50. The van der Waals surface area contributed by atoms with E-state index < -0.39 is 0 Å². The zero-order chi connectivity index (χ0) is 19.1. The first-order valence-electron chi connectivity index (χ1n) is 7.83. The van der Waals surface area contributed by atoms with Gasteiger partial charge < -0.3 is 18.9 Å². The third-order valence-corrected chi connectivity index (χ3v) is 4.03. The molecular weight excluding hydrogens is 356 g/mol. The second-order valence-corrected chi connectivity index (χ2v) is 5.80. The molecular formula is C20H21ClO5. The lowest BCUT2D eigenvalue weighted by atomic mass is 10.1. The summed E-state index contributed by atoms with van der Waals surface area (Å²) < 4.78 is 20.9. The van der Waals surface area contributed by atoms with Gasteiger partial charge in [0.05, 0.1) is 33.0 Å². The summed E-state index contributed by atoms with van der Waals surface area (Å²) in [6.45, 7) is 0.360. The predicted octanol–water partition coefficient (Wildman–Crippen LogP) is 4.41. The fourth-order valence-corrected chi connectivity index (χ4v) is 2.80. The third-order valence-electron chi connectivity index (χ3n) is 3.75. The summed E-state index contributed by atoms with van der Waals surface area (Å²) >= 11 is 6.18. The van der Waals surface area contributed by atoms with Crippen LogP contribution in [0, 0.1) is 0 Å². The van der Waals surface area contributed by atoms with Crippen LogP contribution in [0.1, 0.15) is 21.5 Å². The molecule has 2 aromatic rings. The molecule has 0 amide bonds. The van der Waals surface area contributed by atoms with Crippen LogP contribution in [-0.4, -0.2) is 34.2 Å². The summed E-state index contributed by atoms with van der Waals surface area (Å²) in [7, 11) is 6.22.